The fraction of sp³-hybridized carbons (Fsp3) is 0.766. The SMILES string of the molecule is CC/C=C\C/C=C\C/C=C\C/C=C\C/C=C\C/C=C\CCCCCCCCCCCCCCCCCCCCCCC(=O)NC(COC1OC(CO)C(OC2OC(CO)C(O)C(O)C2O)C(O)C1O)C(O)/C=C/CCCCC. The molecule has 2 aliphatic heterocycles. The van der Waals surface area contributed by atoms with E-state index >= 15 is 0 Å². The summed E-state index contributed by atoms with van der Waals surface area (Å²) in [7, 11) is 0. The van der Waals surface area contributed by atoms with Gasteiger partial charge in [0, 0.05) is 6.42 Å². The van der Waals surface area contributed by atoms with Crippen LogP contribution in [0.15, 0.2) is 85.1 Å². The number of amides is 1. The van der Waals surface area contributed by atoms with Crippen molar-refractivity contribution in [1.82, 2.24) is 5.32 Å². The molecule has 9 N–H and O–H groups in total. The summed E-state index contributed by atoms with van der Waals surface area (Å²) >= 11 is 0. The first kappa shape index (κ1) is 71.3. The maximum atomic E-state index is 13.1. The van der Waals surface area contributed by atoms with Gasteiger partial charge in [-0.2, -0.15) is 0 Å². The zero-order chi connectivity index (χ0) is 56.7. The number of unbranched alkanes of at least 4 members (excludes halogenated alkanes) is 23. The third-order valence-corrected chi connectivity index (χ3v) is 14.6. The second-order valence-corrected chi connectivity index (χ2v) is 21.5. The summed E-state index contributed by atoms with van der Waals surface area (Å²) < 4.78 is 22.6. The molecule has 0 aliphatic carbocycles. The van der Waals surface area contributed by atoms with Gasteiger partial charge in [0.25, 0.3) is 0 Å². The summed E-state index contributed by atoms with van der Waals surface area (Å²) in [6.07, 6.45) is 50.2. The number of hydrogen-bond donors (Lipinski definition) is 9. The van der Waals surface area contributed by atoms with Gasteiger partial charge in [0.1, 0.15) is 48.8 Å². The lowest BCUT2D eigenvalue weighted by Crippen LogP contribution is -2.65. The highest BCUT2D eigenvalue weighted by Gasteiger charge is 2.51. The molecule has 2 aliphatic rings. The number of hydrogen-bond acceptors (Lipinski definition) is 13. The lowest BCUT2D eigenvalue weighted by atomic mass is 9.97. The van der Waals surface area contributed by atoms with Gasteiger partial charge in [-0.15, -0.1) is 0 Å². The van der Waals surface area contributed by atoms with Crippen molar-refractivity contribution >= 4 is 5.91 Å². The molecule has 0 aromatic carbocycles. The molecule has 0 aromatic rings. The Hall–Kier alpha value is -2.83. The van der Waals surface area contributed by atoms with Crippen molar-refractivity contribution in [3.63, 3.8) is 0 Å². The van der Waals surface area contributed by atoms with E-state index < -0.39 is 86.8 Å². The Morgan fingerprint density at radius 3 is 1.36 bits per heavy atom. The van der Waals surface area contributed by atoms with Gasteiger partial charge < -0.3 is 65.1 Å². The van der Waals surface area contributed by atoms with Crippen LogP contribution in [-0.4, -0.2) is 140 Å². The van der Waals surface area contributed by atoms with E-state index in [9.17, 15) is 45.6 Å². The Balaban J connectivity index is 1.49. The topological polar surface area (TPSA) is 228 Å². The zero-order valence-corrected chi connectivity index (χ0v) is 48.4. The number of ether oxygens (including phenoxy) is 4. The molecule has 0 aromatic heterocycles. The minimum atomic E-state index is -1.79. The smallest absolute Gasteiger partial charge is 0.220 e. The molecule has 0 spiro atoms. The Labute approximate surface area is 471 Å². The third kappa shape index (κ3) is 33.8. The number of nitrogens with one attached hydrogen (secondary N) is 1. The van der Waals surface area contributed by atoms with Crippen LogP contribution in [0, 0.1) is 0 Å². The molecule has 0 saturated carbocycles. The van der Waals surface area contributed by atoms with Crippen LogP contribution in [0.2, 0.25) is 0 Å². The molecule has 78 heavy (non-hydrogen) atoms. The van der Waals surface area contributed by atoms with Gasteiger partial charge in [-0.25, -0.2) is 0 Å². The van der Waals surface area contributed by atoms with E-state index in [1.807, 2.05) is 6.08 Å². The fourth-order valence-electron chi connectivity index (χ4n) is 9.65. The number of carbonyl (C=O) groups excluding carboxylic acids is 1. The summed E-state index contributed by atoms with van der Waals surface area (Å²) in [5, 5.41) is 86.4. The van der Waals surface area contributed by atoms with Gasteiger partial charge in [0.2, 0.25) is 5.91 Å². The highest BCUT2D eigenvalue weighted by molar-refractivity contribution is 5.76. The molecule has 2 rings (SSSR count). The molecule has 0 radical (unpaired) electrons. The standard InChI is InChI=1S/C64H111NO13/c1-3-5-7-9-10-11-12-13-14-15-16-17-18-19-20-21-22-23-24-25-26-27-28-29-30-31-32-33-34-35-36-37-38-39-40-41-42-44-46-48-56(69)65-52(53(68)47-45-43-8-6-4-2)51-75-63-61(74)59(72)62(55(50-67)77-63)78-64-60(73)58(71)57(70)54(49-66)76-64/h5,7,10-11,13-14,16-17,19-20,22-23,45,47,52-55,57-64,66-68,70-74H,3-4,6,8-9,12,15,18,21,24-44,46,48-51H2,1-2H3,(H,65,69)/b7-5-,11-10-,14-13-,17-16-,20-19-,23-22-,47-45+. The van der Waals surface area contributed by atoms with E-state index in [0.29, 0.717) is 6.42 Å². The monoisotopic (exact) mass is 1100 g/mol. The molecule has 2 saturated heterocycles. The van der Waals surface area contributed by atoms with Crippen LogP contribution in [0.25, 0.3) is 0 Å². The van der Waals surface area contributed by atoms with Crippen LogP contribution < -0.4 is 5.32 Å². The predicted molar refractivity (Wildman–Crippen MR) is 313 cm³/mol. The van der Waals surface area contributed by atoms with Crippen LogP contribution >= 0.6 is 0 Å². The quantitative estimate of drug-likeness (QED) is 0.0204. The normalized spacial score (nSPS) is 25.2. The van der Waals surface area contributed by atoms with E-state index in [1.165, 1.54) is 109 Å². The highest BCUT2D eigenvalue weighted by Crippen LogP contribution is 2.30. The number of rotatable bonds is 48. The maximum absolute atomic E-state index is 13.1. The zero-order valence-electron chi connectivity index (χ0n) is 48.4. The van der Waals surface area contributed by atoms with Gasteiger partial charge in [-0.1, -0.05) is 227 Å². The maximum Gasteiger partial charge on any atom is 0.220 e. The molecular weight excluding hydrogens is 991 g/mol. The lowest BCUT2D eigenvalue weighted by molar-refractivity contribution is -0.359. The molecule has 0 bridgehead atoms. The molecule has 1 amide bonds. The van der Waals surface area contributed by atoms with Crippen LogP contribution in [0.4, 0.5) is 0 Å². The summed E-state index contributed by atoms with van der Waals surface area (Å²) in [6, 6.07) is -0.912. The largest absolute Gasteiger partial charge is 0.394 e. The Kier molecular flexibility index (Phi) is 44.6. The molecule has 12 atom stereocenters. The van der Waals surface area contributed by atoms with E-state index in [-0.39, 0.29) is 18.9 Å². The summed E-state index contributed by atoms with van der Waals surface area (Å²) in [5.41, 5.74) is 0. The number of carbonyl (C=O) groups is 1. The Morgan fingerprint density at radius 2 is 0.885 bits per heavy atom. The van der Waals surface area contributed by atoms with Gasteiger partial charge in [0.15, 0.2) is 12.6 Å². The Morgan fingerprint density at radius 1 is 0.474 bits per heavy atom. The molecule has 2 heterocycles. The van der Waals surface area contributed by atoms with Gasteiger partial charge >= 0.3 is 0 Å². The Bertz CT molecular complexity index is 1630. The second-order valence-electron chi connectivity index (χ2n) is 21.5. The summed E-state index contributed by atoms with van der Waals surface area (Å²) in [4.78, 5) is 13.1. The molecule has 14 nitrogen and oxygen atoms in total. The second kappa shape index (κ2) is 48.8. The minimum absolute atomic E-state index is 0.247. The van der Waals surface area contributed by atoms with Gasteiger partial charge in [-0.3, -0.25) is 4.79 Å². The predicted octanol–water partition coefficient (Wildman–Crippen LogP) is 10.9. The first-order valence-corrected chi connectivity index (χ1v) is 30.8. The van der Waals surface area contributed by atoms with E-state index in [4.69, 9.17) is 18.9 Å². The van der Waals surface area contributed by atoms with Crippen LogP contribution in [0.1, 0.15) is 219 Å². The molecule has 2 fully saturated rings. The molecule has 450 valence electrons. The summed E-state index contributed by atoms with van der Waals surface area (Å²) in [5.74, 6) is -0.247. The van der Waals surface area contributed by atoms with Crippen LogP contribution in [-0.2, 0) is 23.7 Å². The van der Waals surface area contributed by atoms with Crippen molar-refractivity contribution < 1.29 is 64.6 Å². The van der Waals surface area contributed by atoms with E-state index in [0.717, 1.165) is 83.5 Å². The van der Waals surface area contributed by atoms with E-state index in [2.05, 4.69) is 92.1 Å². The van der Waals surface area contributed by atoms with Crippen molar-refractivity contribution in [2.45, 2.75) is 293 Å². The van der Waals surface area contributed by atoms with Gasteiger partial charge in [-0.05, 0) is 70.6 Å². The fourth-order valence-corrected chi connectivity index (χ4v) is 9.65. The van der Waals surface area contributed by atoms with Gasteiger partial charge in [0.05, 0.1) is 32.0 Å². The lowest BCUT2D eigenvalue weighted by Gasteiger charge is -2.46. The first-order valence-electron chi connectivity index (χ1n) is 30.8. The average molecular weight is 1100 g/mol. The van der Waals surface area contributed by atoms with Crippen molar-refractivity contribution in [3.8, 4) is 0 Å². The number of aliphatic hydroxyl groups excluding tert-OH is 8. The van der Waals surface area contributed by atoms with Crippen molar-refractivity contribution in [1.29, 1.82) is 0 Å². The average Bonchev–Trinajstić information content (AvgIpc) is 3.47. The summed E-state index contributed by atoms with van der Waals surface area (Å²) in [6.45, 7) is 2.55. The van der Waals surface area contributed by atoms with Crippen molar-refractivity contribution in [2.24, 2.45) is 0 Å². The number of allylic oxidation sites excluding steroid dienone is 13. The van der Waals surface area contributed by atoms with Crippen LogP contribution in [0.3, 0.4) is 0 Å². The third-order valence-electron chi connectivity index (χ3n) is 14.6. The molecular formula is C64H111NO13. The minimum Gasteiger partial charge on any atom is -0.394 e. The molecule has 12 unspecified atom stereocenters. The highest BCUT2D eigenvalue weighted by atomic mass is 16.7. The van der Waals surface area contributed by atoms with E-state index in [1.54, 1.807) is 6.08 Å². The van der Waals surface area contributed by atoms with Crippen molar-refractivity contribution in [2.75, 3.05) is 19.8 Å². The van der Waals surface area contributed by atoms with Crippen molar-refractivity contribution in [3.05, 3.63) is 85.1 Å². The van der Waals surface area contributed by atoms with Crippen LogP contribution in [0.5, 0.6) is 0 Å². The first-order chi connectivity index (χ1) is 38.1. The molecule has 14 heteroatoms. The number of aliphatic hydroxyl groups is 8.